The zero-order chi connectivity index (χ0) is 25.1. The third kappa shape index (κ3) is 4.92. The first-order valence-corrected chi connectivity index (χ1v) is 11.7. The van der Waals surface area contributed by atoms with E-state index in [1.54, 1.807) is 6.33 Å². The van der Waals surface area contributed by atoms with Crippen LogP contribution >= 0.6 is 0 Å². The fourth-order valence-electron chi connectivity index (χ4n) is 4.33. The van der Waals surface area contributed by atoms with Gasteiger partial charge in [-0.05, 0) is 46.7 Å². The van der Waals surface area contributed by atoms with Crippen LogP contribution in [0.2, 0.25) is 0 Å². The average Bonchev–Trinajstić information content (AvgIpc) is 3.68. The molecule has 0 atom stereocenters. The van der Waals surface area contributed by atoms with Crippen molar-refractivity contribution >= 4 is 21.8 Å². The standard InChI is InChI=1S/C14H16N4.C14H12N4/c2*1-17-8-13(16-10-17)9-18-5-4-12-3-2-11(7-15)6-14(12)18/h2-6,8,10H,7,9,15H2,1H3;2-6,8,10H,9H2,1H3. The number of aromatic nitrogens is 6. The molecule has 36 heavy (non-hydrogen) atoms. The van der Waals surface area contributed by atoms with Crippen molar-refractivity contribution in [2.24, 2.45) is 19.8 Å². The van der Waals surface area contributed by atoms with Crippen molar-refractivity contribution in [3.05, 3.63) is 108 Å². The number of nitriles is 1. The van der Waals surface area contributed by atoms with Gasteiger partial charge in [-0.2, -0.15) is 5.26 Å². The second-order valence-corrected chi connectivity index (χ2v) is 8.93. The molecule has 0 fully saturated rings. The van der Waals surface area contributed by atoms with Gasteiger partial charge in [0, 0.05) is 56.5 Å². The van der Waals surface area contributed by atoms with Crippen molar-refractivity contribution < 1.29 is 0 Å². The Balaban J connectivity index is 0.000000148. The molecule has 0 aliphatic carbocycles. The summed E-state index contributed by atoms with van der Waals surface area (Å²) in [6, 6.07) is 18.4. The van der Waals surface area contributed by atoms with E-state index in [-0.39, 0.29) is 0 Å². The zero-order valence-corrected chi connectivity index (χ0v) is 20.4. The number of hydrogen-bond donors (Lipinski definition) is 1. The average molecular weight is 477 g/mol. The molecule has 8 heteroatoms. The van der Waals surface area contributed by atoms with E-state index in [1.165, 1.54) is 10.9 Å². The van der Waals surface area contributed by atoms with E-state index in [2.05, 4.69) is 61.7 Å². The molecular weight excluding hydrogens is 448 g/mol. The minimum atomic E-state index is 0.574. The summed E-state index contributed by atoms with van der Waals surface area (Å²) in [6.45, 7) is 2.09. The summed E-state index contributed by atoms with van der Waals surface area (Å²) in [5.74, 6) is 0. The monoisotopic (exact) mass is 476 g/mol. The first-order valence-electron chi connectivity index (χ1n) is 11.7. The Labute approximate surface area is 209 Å². The molecule has 6 aromatic rings. The molecular formula is C28H28N8. The third-order valence-corrected chi connectivity index (χ3v) is 6.16. The lowest BCUT2D eigenvalue weighted by Gasteiger charge is -2.04. The van der Waals surface area contributed by atoms with Gasteiger partial charge in [-0.3, -0.25) is 0 Å². The molecule has 0 aliphatic heterocycles. The summed E-state index contributed by atoms with van der Waals surface area (Å²) in [5.41, 5.74) is 11.9. The number of hydrogen-bond acceptors (Lipinski definition) is 4. The quantitative estimate of drug-likeness (QED) is 0.404. The Morgan fingerprint density at radius 2 is 1.33 bits per heavy atom. The molecule has 2 N–H and O–H groups in total. The van der Waals surface area contributed by atoms with Gasteiger partial charge >= 0.3 is 0 Å². The maximum absolute atomic E-state index is 8.94. The lowest BCUT2D eigenvalue weighted by Crippen LogP contribution is -2.00. The predicted molar refractivity (Wildman–Crippen MR) is 141 cm³/mol. The Hall–Kier alpha value is -4.61. The lowest BCUT2D eigenvalue weighted by atomic mass is 10.1. The van der Waals surface area contributed by atoms with Crippen molar-refractivity contribution in [1.29, 1.82) is 5.26 Å². The SMILES string of the molecule is Cn1cnc(Cn2ccc3ccc(C#N)cc32)c1.Cn1cnc(Cn2ccc3ccc(CN)cc32)c1. The molecule has 180 valence electrons. The second kappa shape index (κ2) is 9.94. The molecule has 2 aromatic carbocycles. The summed E-state index contributed by atoms with van der Waals surface area (Å²) in [4.78, 5) is 8.67. The van der Waals surface area contributed by atoms with E-state index in [1.807, 2.05) is 66.3 Å². The first kappa shape index (κ1) is 23.1. The van der Waals surface area contributed by atoms with E-state index < -0.39 is 0 Å². The van der Waals surface area contributed by atoms with Gasteiger partial charge in [0.15, 0.2) is 0 Å². The molecule has 0 saturated carbocycles. The normalized spacial score (nSPS) is 10.9. The van der Waals surface area contributed by atoms with Crippen molar-refractivity contribution in [2.75, 3.05) is 0 Å². The number of benzene rings is 2. The number of nitrogens with zero attached hydrogens (tertiary/aromatic N) is 7. The van der Waals surface area contributed by atoms with E-state index in [0.717, 1.165) is 40.9 Å². The summed E-state index contributed by atoms with van der Waals surface area (Å²) in [5, 5.41) is 11.3. The highest BCUT2D eigenvalue weighted by Gasteiger charge is 2.06. The Bertz CT molecular complexity index is 1670. The van der Waals surface area contributed by atoms with Crippen LogP contribution in [0.5, 0.6) is 0 Å². The van der Waals surface area contributed by atoms with E-state index in [9.17, 15) is 0 Å². The number of fused-ring (bicyclic) bond motifs is 2. The fraction of sp³-hybridized carbons (Fsp3) is 0.179. The van der Waals surface area contributed by atoms with Crippen LogP contribution < -0.4 is 5.73 Å². The largest absolute Gasteiger partial charge is 0.341 e. The molecule has 8 nitrogen and oxygen atoms in total. The molecule has 0 unspecified atom stereocenters. The smallest absolute Gasteiger partial charge is 0.0992 e. The van der Waals surface area contributed by atoms with Crippen LogP contribution in [0.15, 0.2) is 86.0 Å². The van der Waals surface area contributed by atoms with Crippen LogP contribution in [0.25, 0.3) is 21.8 Å². The molecule has 4 heterocycles. The molecule has 0 aliphatic rings. The predicted octanol–water partition coefficient (Wildman–Crippen LogP) is 4.18. The maximum atomic E-state index is 8.94. The zero-order valence-electron chi connectivity index (χ0n) is 20.4. The second-order valence-electron chi connectivity index (χ2n) is 8.93. The van der Waals surface area contributed by atoms with E-state index >= 15 is 0 Å². The maximum Gasteiger partial charge on any atom is 0.0992 e. The van der Waals surface area contributed by atoms with Crippen molar-refractivity contribution in [3.8, 4) is 6.07 Å². The Morgan fingerprint density at radius 1 is 0.778 bits per heavy atom. The molecule has 0 radical (unpaired) electrons. The van der Waals surface area contributed by atoms with Gasteiger partial charge in [0.25, 0.3) is 0 Å². The van der Waals surface area contributed by atoms with Gasteiger partial charge in [-0.25, -0.2) is 9.97 Å². The van der Waals surface area contributed by atoms with Crippen molar-refractivity contribution in [2.45, 2.75) is 19.6 Å². The number of nitrogens with two attached hydrogens (primary N) is 1. The Kier molecular flexibility index (Phi) is 6.39. The van der Waals surface area contributed by atoms with Crippen LogP contribution in [0.3, 0.4) is 0 Å². The van der Waals surface area contributed by atoms with Crippen LogP contribution in [-0.4, -0.2) is 28.2 Å². The van der Waals surface area contributed by atoms with Crippen LogP contribution in [0.4, 0.5) is 0 Å². The highest BCUT2D eigenvalue weighted by molar-refractivity contribution is 5.82. The van der Waals surface area contributed by atoms with Gasteiger partial charge < -0.3 is 24.0 Å². The summed E-state index contributed by atoms with van der Waals surface area (Å²) in [7, 11) is 3.94. The number of imidazole rings is 2. The van der Waals surface area contributed by atoms with Gasteiger partial charge in [0.1, 0.15) is 0 Å². The highest BCUT2D eigenvalue weighted by Crippen LogP contribution is 2.19. The minimum Gasteiger partial charge on any atom is -0.341 e. The van der Waals surface area contributed by atoms with Gasteiger partial charge in [-0.15, -0.1) is 0 Å². The number of rotatable bonds is 5. The Morgan fingerprint density at radius 3 is 1.83 bits per heavy atom. The summed E-state index contributed by atoms with van der Waals surface area (Å²) in [6.07, 6.45) is 11.8. The molecule has 4 aromatic heterocycles. The molecule has 0 bridgehead atoms. The van der Waals surface area contributed by atoms with Crippen LogP contribution in [0.1, 0.15) is 22.5 Å². The summed E-state index contributed by atoms with van der Waals surface area (Å²) >= 11 is 0. The third-order valence-electron chi connectivity index (χ3n) is 6.16. The van der Waals surface area contributed by atoms with Gasteiger partial charge in [0.05, 0.1) is 48.8 Å². The van der Waals surface area contributed by atoms with Crippen LogP contribution in [0, 0.1) is 11.3 Å². The summed E-state index contributed by atoms with van der Waals surface area (Å²) < 4.78 is 8.21. The lowest BCUT2D eigenvalue weighted by molar-refractivity contribution is 0.811. The molecule has 6 rings (SSSR count). The van der Waals surface area contributed by atoms with E-state index in [4.69, 9.17) is 11.0 Å². The van der Waals surface area contributed by atoms with Crippen LogP contribution in [-0.2, 0) is 33.7 Å². The fourth-order valence-corrected chi connectivity index (χ4v) is 4.33. The van der Waals surface area contributed by atoms with Gasteiger partial charge in [0.2, 0.25) is 0 Å². The first-order chi connectivity index (χ1) is 17.5. The van der Waals surface area contributed by atoms with E-state index in [0.29, 0.717) is 12.1 Å². The van der Waals surface area contributed by atoms with Gasteiger partial charge in [-0.1, -0.05) is 18.2 Å². The van der Waals surface area contributed by atoms with Crippen molar-refractivity contribution in [1.82, 2.24) is 28.2 Å². The van der Waals surface area contributed by atoms with Crippen molar-refractivity contribution in [3.63, 3.8) is 0 Å². The molecule has 0 spiro atoms. The topological polar surface area (TPSA) is 95.3 Å². The molecule has 0 amide bonds. The molecule has 0 saturated heterocycles. The minimum absolute atomic E-state index is 0.574. The highest BCUT2D eigenvalue weighted by atomic mass is 15.0. The number of aryl methyl sites for hydroxylation is 2.